The van der Waals surface area contributed by atoms with Crippen LogP contribution in [0, 0.1) is 5.92 Å². The summed E-state index contributed by atoms with van der Waals surface area (Å²) < 4.78 is 0. The molecule has 3 heterocycles. The molecule has 1 aromatic heterocycles. The van der Waals surface area contributed by atoms with Gasteiger partial charge in [-0.3, -0.25) is 14.4 Å². The average molecular weight is 454 g/mol. The third-order valence-electron chi connectivity index (χ3n) is 6.19. The predicted molar refractivity (Wildman–Crippen MR) is 126 cm³/mol. The van der Waals surface area contributed by atoms with E-state index in [2.05, 4.69) is 19.2 Å². The third-order valence-corrected chi connectivity index (χ3v) is 7.14. The van der Waals surface area contributed by atoms with E-state index in [4.69, 9.17) is 0 Å². The molecule has 0 radical (unpaired) electrons. The molecule has 0 spiro atoms. The van der Waals surface area contributed by atoms with E-state index in [1.807, 2.05) is 51.6 Å². The topological polar surface area (TPSA) is 69.7 Å². The maximum atomic E-state index is 13.5. The number of likely N-dealkylation sites (tertiary alicyclic amines) is 1. The fraction of sp³-hybridized carbons (Fsp3) is 0.480. The molecule has 3 amide bonds. The van der Waals surface area contributed by atoms with Gasteiger partial charge in [-0.2, -0.15) is 0 Å². The lowest BCUT2D eigenvalue weighted by molar-refractivity contribution is -0.127. The van der Waals surface area contributed by atoms with E-state index >= 15 is 0 Å². The highest BCUT2D eigenvalue weighted by Crippen LogP contribution is 2.44. The number of rotatable bonds is 8. The molecular weight excluding hydrogens is 422 g/mol. The number of fused-ring (bicyclic) bond motifs is 1. The lowest BCUT2D eigenvalue weighted by atomic mass is 9.81. The summed E-state index contributed by atoms with van der Waals surface area (Å²) in [6.45, 7) is 6.78. The quantitative estimate of drug-likeness (QED) is 0.618. The third kappa shape index (κ3) is 4.58. The van der Waals surface area contributed by atoms with Crippen LogP contribution in [0.15, 0.2) is 41.8 Å². The van der Waals surface area contributed by atoms with Crippen molar-refractivity contribution in [3.05, 3.63) is 57.8 Å². The molecule has 6 nitrogen and oxygen atoms in total. The Hall–Kier alpha value is -2.67. The minimum atomic E-state index is -0.463. The lowest BCUT2D eigenvalue weighted by Crippen LogP contribution is -2.48. The number of hydrogen-bond donors (Lipinski definition) is 1. The minimum absolute atomic E-state index is 0.00991. The van der Waals surface area contributed by atoms with Crippen LogP contribution in [0.2, 0.25) is 0 Å². The molecule has 4 rings (SSSR count). The van der Waals surface area contributed by atoms with Crippen molar-refractivity contribution in [1.82, 2.24) is 15.1 Å². The highest BCUT2D eigenvalue weighted by Gasteiger charge is 2.44. The normalized spacial score (nSPS) is 20.7. The molecule has 2 atom stereocenters. The van der Waals surface area contributed by atoms with Crippen molar-refractivity contribution in [2.45, 2.75) is 45.1 Å². The Bertz CT molecular complexity index is 973. The first-order valence-corrected chi connectivity index (χ1v) is 12.3. The van der Waals surface area contributed by atoms with Gasteiger partial charge in [-0.1, -0.05) is 38.1 Å². The fourth-order valence-corrected chi connectivity index (χ4v) is 5.65. The highest BCUT2D eigenvalue weighted by atomic mass is 32.1. The monoisotopic (exact) mass is 453 g/mol. The van der Waals surface area contributed by atoms with E-state index in [1.165, 1.54) is 0 Å². The first-order valence-electron chi connectivity index (χ1n) is 11.5. The van der Waals surface area contributed by atoms with Crippen molar-refractivity contribution in [2.24, 2.45) is 5.92 Å². The van der Waals surface area contributed by atoms with E-state index in [9.17, 15) is 14.4 Å². The van der Waals surface area contributed by atoms with Crippen LogP contribution in [0.3, 0.4) is 0 Å². The van der Waals surface area contributed by atoms with E-state index in [0.717, 1.165) is 29.8 Å². The number of benzene rings is 1. The second-order valence-electron chi connectivity index (χ2n) is 9.01. The summed E-state index contributed by atoms with van der Waals surface area (Å²) in [5, 5.41) is 5.10. The zero-order valence-corrected chi connectivity index (χ0v) is 19.6. The van der Waals surface area contributed by atoms with Crippen molar-refractivity contribution >= 4 is 29.1 Å². The first kappa shape index (κ1) is 22.5. The van der Waals surface area contributed by atoms with Crippen molar-refractivity contribution < 1.29 is 14.4 Å². The van der Waals surface area contributed by atoms with E-state index < -0.39 is 5.92 Å². The molecule has 0 saturated carbocycles. The van der Waals surface area contributed by atoms with E-state index in [1.54, 1.807) is 11.3 Å². The Balaban J connectivity index is 1.57. The molecule has 2 aromatic rings. The van der Waals surface area contributed by atoms with Gasteiger partial charge >= 0.3 is 0 Å². The van der Waals surface area contributed by atoms with Gasteiger partial charge in [0.1, 0.15) is 0 Å². The molecule has 0 aliphatic carbocycles. The summed E-state index contributed by atoms with van der Waals surface area (Å²) >= 11 is 1.59. The molecular formula is C25H31N3O3S. The van der Waals surface area contributed by atoms with Crippen LogP contribution in [0.25, 0.3) is 0 Å². The summed E-state index contributed by atoms with van der Waals surface area (Å²) in [5.41, 5.74) is 1.41. The van der Waals surface area contributed by atoms with Crippen molar-refractivity contribution in [2.75, 3.05) is 26.2 Å². The second-order valence-corrected chi connectivity index (χ2v) is 9.98. The first-order chi connectivity index (χ1) is 15.5. The highest BCUT2D eigenvalue weighted by molar-refractivity contribution is 7.10. The predicted octanol–water partition coefficient (Wildman–Crippen LogP) is 3.81. The zero-order chi connectivity index (χ0) is 22.7. The van der Waals surface area contributed by atoms with Crippen LogP contribution < -0.4 is 5.32 Å². The summed E-state index contributed by atoms with van der Waals surface area (Å²) in [4.78, 5) is 43.6. The van der Waals surface area contributed by atoms with Gasteiger partial charge in [0, 0.05) is 43.0 Å². The smallest absolute Gasteiger partial charge is 0.254 e. The lowest BCUT2D eigenvalue weighted by Gasteiger charge is -2.42. The van der Waals surface area contributed by atoms with Gasteiger partial charge in [-0.15, -0.1) is 11.3 Å². The van der Waals surface area contributed by atoms with Crippen LogP contribution >= 0.6 is 11.3 Å². The molecule has 1 fully saturated rings. The summed E-state index contributed by atoms with van der Waals surface area (Å²) in [7, 11) is 0. The zero-order valence-electron chi connectivity index (χ0n) is 18.8. The van der Waals surface area contributed by atoms with Gasteiger partial charge in [0.05, 0.1) is 12.0 Å². The SMILES string of the molecule is CC(C)CN1C(=O)c2ccccc2[C@@H](C(=O)NCCCN2CCCC2=O)[C@@H]1c1cccs1. The Kier molecular flexibility index (Phi) is 6.94. The van der Waals surface area contributed by atoms with Crippen LogP contribution in [0.1, 0.15) is 65.9 Å². The van der Waals surface area contributed by atoms with Gasteiger partial charge in [0.2, 0.25) is 11.8 Å². The molecule has 170 valence electrons. The molecule has 0 bridgehead atoms. The average Bonchev–Trinajstić information content (AvgIpc) is 3.44. The maximum Gasteiger partial charge on any atom is 0.254 e. The summed E-state index contributed by atoms with van der Waals surface area (Å²) in [6.07, 6.45) is 2.28. The van der Waals surface area contributed by atoms with Gasteiger partial charge in [0.15, 0.2) is 0 Å². The van der Waals surface area contributed by atoms with Gasteiger partial charge in [0.25, 0.3) is 5.91 Å². The molecule has 1 N–H and O–H groups in total. The summed E-state index contributed by atoms with van der Waals surface area (Å²) in [6, 6.07) is 11.2. The number of hydrogen-bond acceptors (Lipinski definition) is 4. The molecule has 7 heteroatoms. The molecule has 32 heavy (non-hydrogen) atoms. The largest absolute Gasteiger partial charge is 0.355 e. The van der Waals surface area contributed by atoms with Crippen molar-refractivity contribution in [3.63, 3.8) is 0 Å². The number of nitrogens with zero attached hydrogens (tertiary/aromatic N) is 2. The Morgan fingerprint density at radius 1 is 1.19 bits per heavy atom. The van der Waals surface area contributed by atoms with E-state index in [0.29, 0.717) is 31.6 Å². The number of carbonyl (C=O) groups is 3. The number of amides is 3. The van der Waals surface area contributed by atoms with Gasteiger partial charge in [-0.05, 0) is 41.8 Å². The molecule has 1 aromatic carbocycles. The standard InChI is InChI=1S/C25H31N3O3S/c1-17(2)16-28-23(20-10-6-15-32-20)22(18-8-3-4-9-19(18)25(28)31)24(30)26-12-7-14-27-13-5-11-21(27)29/h3-4,6,8-10,15,17,22-23H,5,7,11-14,16H2,1-2H3,(H,26,30)/t22-,23+/m1/s1. The number of thiophene rings is 1. The van der Waals surface area contributed by atoms with Crippen LogP contribution in [-0.4, -0.2) is 53.7 Å². The van der Waals surface area contributed by atoms with Crippen LogP contribution in [0.4, 0.5) is 0 Å². The Labute approximate surface area is 193 Å². The Morgan fingerprint density at radius 2 is 2.00 bits per heavy atom. The fourth-order valence-electron chi connectivity index (χ4n) is 4.78. The molecule has 0 unspecified atom stereocenters. The van der Waals surface area contributed by atoms with Gasteiger partial charge in [-0.25, -0.2) is 0 Å². The second kappa shape index (κ2) is 9.86. The van der Waals surface area contributed by atoms with Crippen LogP contribution in [-0.2, 0) is 9.59 Å². The molecule has 2 aliphatic heterocycles. The minimum Gasteiger partial charge on any atom is -0.355 e. The van der Waals surface area contributed by atoms with Gasteiger partial charge < -0.3 is 15.1 Å². The van der Waals surface area contributed by atoms with E-state index in [-0.39, 0.29) is 29.7 Å². The number of carbonyl (C=O) groups excluding carboxylic acids is 3. The van der Waals surface area contributed by atoms with Crippen molar-refractivity contribution in [1.29, 1.82) is 0 Å². The molecule has 2 aliphatic rings. The summed E-state index contributed by atoms with van der Waals surface area (Å²) in [5.74, 6) is -0.0459. The maximum absolute atomic E-state index is 13.5. The van der Waals surface area contributed by atoms with Crippen molar-refractivity contribution in [3.8, 4) is 0 Å². The van der Waals surface area contributed by atoms with Crippen LogP contribution in [0.5, 0.6) is 0 Å². The Morgan fingerprint density at radius 3 is 2.69 bits per heavy atom. The number of nitrogens with one attached hydrogen (secondary N) is 1. The molecule has 1 saturated heterocycles.